The van der Waals surface area contributed by atoms with E-state index < -0.39 is 12.1 Å². The molecule has 0 aromatic rings. The van der Waals surface area contributed by atoms with Gasteiger partial charge in [-0.05, 0) is 18.8 Å². The van der Waals surface area contributed by atoms with Crippen LogP contribution in [-0.4, -0.2) is 50.2 Å². The van der Waals surface area contributed by atoms with Gasteiger partial charge >= 0.3 is 5.97 Å². The average molecular weight is 243 g/mol. The second kappa shape index (κ2) is 5.49. The molecule has 0 amide bonds. The molecule has 1 fully saturated rings. The Morgan fingerprint density at radius 1 is 1.35 bits per heavy atom. The molecular weight excluding hydrogens is 222 g/mol. The zero-order valence-corrected chi connectivity index (χ0v) is 10.8. The summed E-state index contributed by atoms with van der Waals surface area (Å²) in [5.41, 5.74) is 0. The molecular formula is C12H21NO4. The number of carbonyl (C=O) groups excluding carboxylic acids is 2. The fourth-order valence-electron chi connectivity index (χ4n) is 1.73. The smallest absolute Gasteiger partial charge is 0.306 e. The molecule has 0 spiro atoms. The van der Waals surface area contributed by atoms with E-state index in [2.05, 4.69) is 0 Å². The molecule has 0 unspecified atom stereocenters. The van der Waals surface area contributed by atoms with Crippen LogP contribution in [0.1, 0.15) is 25.7 Å². The van der Waals surface area contributed by atoms with Gasteiger partial charge in [0.25, 0.3) is 0 Å². The van der Waals surface area contributed by atoms with Crippen molar-refractivity contribution in [1.82, 2.24) is 0 Å². The first-order valence-electron chi connectivity index (χ1n) is 5.96. The van der Waals surface area contributed by atoms with Crippen molar-refractivity contribution in [2.24, 2.45) is 5.92 Å². The molecule has 1 atom stereocenters. The second-order valence-electron chi connectivity index (χ2n) is 5.81. The molecule has 0 bridgehead atoms. The van der Waals surface area contributed by atoms with E-state index in [0.29, 0.717) is 23.4 Å². The summed E-state index contributed by atoms with van der Waals surface area (Å²) >= 11 is 0. The molecule has 1 rings (SSSR count). The van der Waals surface area contributed by atoms with Gasteiger partial charge in [-0.1, -0.05) is 0 Å². The number of hydrogen-bond acceptors (Lipinski definition) is 4. The van der Waals surface area contributed by atoms with Crippen LogP contribution >= 0.6 is 0 Å². The molecule has 0 radical (unpaired) electrons. The maximum atomic E-state index is 11.5. The van der Waals surface area contributed by atoms with Gasteiger partial charge in [0.2, 0.25) is 0 Å². The monoisotopic (exact) mass is 243 g/mol. The van der Waals surface area contributed by atoms with Crippen LogP contribution in [0.15, 0.2) is 0 Å². The summed E-state index contributed by atoms with van der Waals surface area (Å²) in [6.45, 7) is 0.477. The first-order valence-corrected chi connectivity index (χ1v) is 5.96. The maximum Gasteiger partial charge on any atom is 0.306 e. The van der Waals surface area contributed by atoms with Crippen molar-refractivity contribution in [2.45, 2.75) is 31.8 Å². The molecule has 1 saturated carbocycles. The van der Waals surface area contributed by atoms with Crippen LogP contribution in [0.3, 0.4) is 0 Å². The Balaban J connectivity index is 2.43. The van der Waals surface area contributed by atoms with E-state index in [1.54, 1.807) is 0 Å². The van der Waals surface area contributed by atoms with Crippen LogP contribution < -0.4 is 5.11 Å². The van der Waals surface area contributed by atoms with Gasteiger partial charge in [-0.15, -0.1) is 0 Å². The summed E-state index contributed by atoms with van der Waals surface area (Å²) < 4.78 is 5.76. The van der Waals surface area contributed by atoms with Crippen molar-refractivity contribution in [3.63, 3.8) is 0 Å². The second-order valence-corrected chi connectivity index (χ2v) is 5.81. The quantitative estimate of drug-likeness (QED) is 0.448. The Labute approximate surface area is 102 Å². The lowest BCUT2D eigenvalue weighted by molar-refractivity contribution is -0.873. The lowest BCUT2D eigenvalue weighted by Crippen LogP contribution is -2.45. The predicted octanol–water partition coefficient (Wildman–Crippen LogP) is -0.455. The Kier molecular flexibility index (Phi) is 4.51. The molecule has 0 saturated heterocycles. The van der Waals surface area contributed by atoms with Crippen LogP contribution in [0, 0.1) is 5.92 Å². The van der Waals surface area contributed by atoms with Crippen molar-refractivity contribution in [3.8, 4) is 0 Å². The van der Waals surface area contributed by atoms with Gasteiger partial charge in [-0.3, -0.25) is 4.79 Å². The maximum absolute atomic E-state index is 11.5. The molecule has 0 heterocycles. The summed E-state index contributed by atoms with van der Waals surface area (Å²) in [7, 11) is 5.78. The number of esters is 1. The van der Waals surface area contributed by atoms with E-state index in [4.69, 9.17) is 4.74 Å². The van der Waals surface area contributed by atoms with Crippen LogP contribution in [0.5, 0.6) is 0 Å². The molecule has 5 nitrogen and oxygen atoms in total. The van der Waals surface area contributed by atoms with Gasteiger partial charge in [0.05, 0.1) is 21.1 Å². The number of ether oxygens (including phenoxy) is 1. The van der Waals surface area contributed by atoms with Gasteiger partial charge in [-0.25, -0.2) is 0 Å². The Hall–Kier alpha value is -1.10. The van der Waals surface area contributed by atoms with Crippen molar-refractivity contribution in [2.75, 3.05) is 27.7 Å². The van der Waals surface area contributed by atoms with Crippen LogP contribution in [-0.2, 0) is 14.3 Å². The molecule has 17 heavy (non-hydrogen) atoms. The SMILES string of the molecule is C[N+](C)(C)C[C@@H](CC(=O)[O-])OC(=O)CC1CC1. The van der Waals surface area contributed by atoms with Crippen LogP contribution in [0.2, 0.25) is 0 Å². The molecule has 98 valence electrons. The Morgan fingerprint density at radius 3 is 2.35 bits per heavy atom. The highest BCUT2D eigenvalue weighted by Gasteiger charge is 2.28. The molecule has 0 aromatic carbocycles. The average Bonchev–Trinajstić information content (AvgIpc) is 2.82. The summed E-state index contributed by atoms with van der Waals surface area (Å²) in [6.07, 6.45) is 1.75. The summed E-state index contributed by atoms with van der Waals surface area (Å²) in [5, 5.41) is 10.6. The highest BCUT2D eigenvalue weighted by atomic mass is 16.5. The zero-order valence-electron chi connectivity index (χ0n) is 10.8. The molecule has 0 aliphatic heterocycles. The van der Waals surface area contributed by atoms with Crippen molar-refractivity contribution in [1.29, 1.82) is 0 Å². The number of likely N-dealkylation sites (N-methyl/N-ethyl adjacent to an activating group) is 1. The third kappa shape index (κ3) is 6.94. The fourth-order valence-corrected chi connectivity index (χ4v) is 1.73. The highest BCUT2D eigenvalue weighted by Crippen LogP contribution is 2.32. The number of rotatable bonds is 7. The third-order valence-corrected chi connectivity index (χ3v) is 2.60. The normalized spacial score (nSPS) is 17.6. The molecule has 1 aliphatic rings. The van der Waals surface area contributed by atoms with Gasteiger partial charge in [0.1, 0.15) is 6.54 Å². The standard InChI is InChI=1S/C12H21NO4/c1-13(2,3)8-10(7-11(14)15)17-12(16)6-9-4-5-9/h9-10H,4-8H2,1-3H3/t10-/m1/s1. The minimum Gasteiger partial charge on any atom is -0.550 e. The van der Waals surface area contributed by atoms with E-state index in [1.165, 1.54) is 0 Å². The van der Waals surface area contributed by atoms with Gasteiger partial charge in [0, 0.05) is 18.8 Å². The van der Waals surface area contributed by atoms with E-state index >= 15 is 0 Å². The highest BCUT2D eigenvalue weighted by molar-refractivity contribution is 5.71. The van der Waals surface area contributed by atoms with Crippen molar-refractivity contribution < 1.29 is 23.9 Å². The number of carboxylic acids is 1. The summed E-state index contributed by atoms with van der Waals surface area (Å²) in [6, 6.07) is 0. The molecule has 0 N–H and O–H groups in total. The van der Waals surface area contributed by atoms with E-state index in [0.717, 1.165) is 12.8 Å². The van der Waals surface area contributed by atoms with Crippen LogP contribution in [0.4, 0.5) is 0 Å². The Morgan fingerprint density at radius 2 is 1.94 bits per heavy atom. The third-order valence-electron chi connectivity index (χ3n) is 2.60. The lowest BCUT2D eigenvalue weighted by Gasteiger charge is -2.29. The minimum absolute atomic E-state index is 0.230. The van der Waals surface area contributed by atoms with Gasteiger partial charge in [-0.2, -0.15) is 0 Å². The molecule has 1 aliphatic carbocycles. The van der Waals surface area contributed by atoms with Gasteiger partial charge < -0.3 is 19.1 Å². The first kappa shape index (κ1) is 14.0. The lowest BCUT2D eigenvalue weighted by atomic mass is 10.2. The fraction of sp³-hybridized carbons (Fsp3) is 0.833. The summed E-state index contributed by atoms with van der Waals surface area (Å²) in [4.78, 5) is 22.1. The number of hydrogen-bond donors (Lipinski definition) is 0. The number of nitrogens with zero attached hydrogens (tertiary/aromatic N) is 1. The molecule has 0 aromatic heterocycles. The minimum atomic E-state index is -1.18. The van der Waals surface area contributed by atoms with E-state index in [9.17, 15) is 14.7 Å². The topological polar surface area (TPSA) is 66.4 Å². The molecule has 5 heteroatoms. The van der Waals surface area contributed by atoms with Crippen molar-refractivity contribution >= 4 is 11.9 Å². The number of aliphatic carboxylic acids is 1. The number of carboxylic acid groups (broad SMARTS) is 1. The predicted molar refractivity (Wildman–Crippen MR) is 59.7 cm³/mol. The van der Waals surface area contributed by atoms with Gasteiger partial charge in [0.15, 0.2) is 6.10 Å². The zero-order chi connectivity index (χ0) is 13.1. The van der Waals surface area contributed by atoms with E-state index in [-0.39, 0.29) is 12.4 Å². The number of quaternary nitrogens is 1. The largest absolute Gasteiger partial charge is 0.550 e. The number of carbonyl (C=O) groups is 2. The first-order chi connectivity index (χ1) is 7.76. The summed E-state index contributed by atoms with van der Waals surface area (Å²) in [5.74, 6) is -1.01. The van der Waals surface area contributed by atoms with Crippen LogP contribution in [0.25, 0.3) is 0 Å². The Bertz CT molecular complexity index is 291. The van der Waals surface area contributed by atoms with E-state index in [1.807, 2.05) is 21.1 Å². The van der Waals surface area contributed by atoms with Crippen molar-refractivity contribution in [3.05, 3.63) is 0 Å².